The van der Waals surface area contributed by atoms with E-state index in [0.29, 0.717) is 22.8 Å². The Labute approximate surface area is 145 Å². The highest BCUT2D eigenvalue weighted by Gasteiger charge is 2.36. The minimum Gasteiger partial charge on any atom is -0.493 e. The number of fused-ring (bicyclic) bond motifs is 1. The number of hydrogen-bond donors (Lipinski definition) is 1. The average Bonchev–Trinajstić information content (AvgIpc) is 3.24. The van der Waals surface area contributed by atoms with E-state index in [-0.39, 0.29) is 11.3 Å². The van der Waals surface area contributed by atoms with E-state index in [1.54, 1.807) is 17.6 Å². The summed E-state index contributed by atoms with van der Waals surface area (Å²) in [5, 5.41) is 13.2. The zero-order valence-electron chi connectivity index (χ0n) is 14.1. The van der Waals surface area contributed by atoms with E-state index in [0.717, 1.165) is 10.4 Å². The quantitative estimate of drug-likeness (QED) is 0.681. The summed E-state index contributed by atoms with van der Waals surface area (Å²) in [5.41, 5.74) is 1.17. The van der Waals surface area contributed by atoms with E-state index in [4.69, 9.17) is 4.42 Å². The largest absolute Gasteiger partial charge is 0.493 e. The molecule has 1 aliphatic rings. The normalized spacial score (nSPS) is 16.8. The smallest absolute Gasteiger partial charge is 0.233 e. The Kier molecular flexibility index (Phi) is 3.83. The summed E-state index contributed by atoms with van der Waals surface area (Å²) in [6, 6.07) is 3.99. The highest BCUT2D eigenvalue weighted by Crippen LogP contribution is 2.42. The van der Waals surface area contributed by atoms with Crippen molar-refractivity contribution in [2.75, 3.05) is 0 Å². The molecule has 0 aliphatic heterocycles. The van der Waals surface area contributed by atoms with Crippen molar-refractivity contribution in [1.82, 2.24) is 9.97 Å². The van der Waals surface area contributed by atoms with Gasteiger partial charge in [0.05, 0.1) is 0 Å². The fourth-order valence-corrected chi connectivity index (χ4v) is 4.57. The van der Waals surface area contributed by atoms with Crippen LogP contribution < -0.4 is 0 Å². The molecule has 1 N–H and O–H groups in total. The van der Waals surface area contributed by atoms with E-state index in [2.05, 4.69) is 23.8 Å². The lowest BCUT2D eigenvalue weighted by Gasteiger charge is -2.35. The third-order valence-corrected chi connectivity index (χ3v) is 6.31. The monoisotopic (exact) mass is 342 g/mol. The molecule has 0 unspecified atom stereocenters. The van der Waals surface area contributed by atoms with Crippen LogP contribution in [0.2, 0.25) is 0 Å². The molecule has 0 amide bonds. The molecule has 0 bridgehead atoms. The molecule has 4 rings (SSSR count). The van der Waals surface area contributed by atoms with Gasteiger partial charge in [0, 0.05) is 15.9 Å². The van der Waals surface area contributed by atoms with E-state index >= 15 is 0 Å². The second-order valence-electron chi connectivity index (χ2n) is 7.23. The zero-order valence-corrected chi connectivity index (χ0v) is 14.9. The summed E-state index contributed by atoms with van der Waals surface area (Å²) in [6.07, 6.45) is 7.93. The van der Waals surface area contributed by atoms with Gasteiger partial charge in [-0.05, 0) is 30.2 Å². The summed E-state index contributed by atoms with van der Waals surface area (Å²) in [7, 11) is 0. The number of rotatable bonds is 3. The van der Waals surface area contributed by atoms with Crippen LogP contribution in [0.5, 0.6) is 5.88 Å². The minimum absolute atomic E-state index is 0.0241. The third kappa shape index (κ3) is 2.51. The molecule has 4 nitrogen and oxygen atoms in total. The molecule has 3 heterocycles. The molecule has 3 aromatic heterocycles. The van der Waals surface area contributed by atoms with Crippen LogP contribution in [0.15, 0.2) is 28.2 Å². The van der Waals surface area contributed by atoms with Gasteiger partial charge in [-0.1, -0.05) is 39.2 Å². The summed E-state index contributed by atoms with van der Waals surface area (Å²) >= 11 is 1.61. The van der Waals surface area contributed by atoms with Gasteiger partial charge in [-0.3, -0.25) is 0 Å². The van der Waals surface area contributed by atoms with Crippen LogP contribution in [0.3, 0.4) is 0 Å². The molecule has 0 spiro atoms. The number of aromatic nitrogens is 2. The highest BCUT2D eigenvalue weighted by molar-refractivity contribution is 7.13. The van der Waals surface area contributed by atoms with E-state index in [9.17, 15) is 5.11 Å². The van der Waals surface area contributed by atoms with E-state index in [1.165, 1.54) is 32.1 Å². The number of furan rings is 1. The molecule has 0 atom stereocenters. The summed E-state index contributed by atoms with van der Waals surface area (Å²) in [5.74, 6) is 1.26. The van der Waals surface area contributed by atoms with Crippen molar-refractivity contribution < 1.29 is 9.52 Å². The molecule has 24 heavy (non-hydrogen) atoms. The van der Waals surface area contributed by atoms with Gasteiger partial charge in [0.15, 0.2) is 0 Å². The van der Waals surface area contributed by atoms with Gasteiger partial charge in [-0.2, -0.15) is 9.97 Å². The van der Waals surface area contributed by atoms with Crippen LogP contribution in [-0.2, 0) is 5.41 Å². The van der Waals surface area contributed by atoms with Crippen LogP contribution in [0.1, 0.15) is 51.8 Å². The van der Waals surface area contributed by atoms with Gasteiger partial charge in [0.1, 0.15) is 17.5 Å². The summed E-state index contributed by atoms with van der Waals surface area (Å²) in [4.78, 5) is 10.2. The van der Waals surface area contributed by atoms with Crippen molar-refractivity contribution in [2.45, 2.75) is 51.4 Å². The first-order valence-electron chi connectivity index (χ1n) is 8.60. The molecule has 1 fully saturated rings. The van der Waals surface area contributed by atoms with Crippen molar-refractivity contribution in [3.8, 4) is 16.3 Å². The standard InChI is InChI=1S/C19H22N2O2S/c1-19(2,12-7-4-3-5-8-12)18-20-16(22)15-13(11-23-17(15)21-18)14-9-6-10-24-14/h6,9-12H,3-5,7-8H2,1-2H3,(H,20,21,22). The van der Waals surface area contributed by atoms with Crippen LogP contribution >= 0.6 is 11.3 Å². The Morgan fingerprint density at radius 2 is 2.00 bits per heavy atom. The van der Waals surface area contributed by atoms with Crippen molar-refractivity contribution >= 4 is 22.4 Å². The Hall–Kier alpha value is -1.88. The number of thiophene rings is 1. The molecule has 1 saturated carbocycles. The number of hydrogen-bond acceptors (Lipinski definition) is 5. The third-order valence-electron chi connectivity index (χ3n) is 5.40. The minimum atomic E-state index is -0.165. The van der Waals surface area contributed by atoms with Gasteiger partial charge >= 0.3 is 0 Å². The maximum Gasteiger partial charge on any atom is 0.233 e. The Balaban J connectivity index is 1.78. The first kappa shape index (κ1) is 15.6. The maximum absolute atomic E-state index is 10.6. The van der Waals surface area contributed by atoms with Crippen molar-refractivity contribution in [2.24, 2.45) is 5.92 Å². The molecule has 1 aliphatic carbocycles. The highest BCUT2D eigenvalue weighted by atomic mass is 32.1. The first-order chi connectivity index (χ1) is 11.6. The van der Waals surface area contributed by atoms with Crippen molar-refractivity contribution in [3.63, 3.8) is 0 Å². The van der Waals surface area contributed by atoms with E-state index < -0.39 is 0 Å². The van der Waals surface area contributed by atoms with E-state index in [1.807, 2.05) is 17.5 Å². The van der Waals surface area contributed by atoms with Crippen LogP contribution in [0.25, 0.3) is 21.5 Å². The molecule has 0 saturated heterocycles. The van der Waals surface area contributed by atoms with Gasteiger partial charge in [0.25, 0.3) is 0 Å². The summed E-state index contributed by atoms with van der Waals surface area (Å²) < 4.78 is 5.67. The fourth-order valence-electron chi connectivity index (χ4n) is 3.83. The topological polar surface area (TPSA) is 59.2 Å². The van der Waals surface area contributed by atoms with Gasteiger partial charge in [0.2, 0.25) is 11.6 Å². The Morgan fingerprint density at radius 1 is 1.21 bits per heavy atom. The van der Waals surface area contributed by atoms with Crippen LogP contribution in [-0.4, -0.2) is 15.1 Å². The second kappa shape index (κ2) is 5.88. The van der Waals surface area contributed by atoms with Crippen molar-refractivity contribution in [3.05, 3.63) is 29.6 Å². The van der Waals surface area contributed by atoms with Crippen LogP contribution in [0, 0.1) is 5.92 Å². The molecular weight excluding hydrogens is 320 g/mol. The molecule has 0 aromatic carbocycles. The molecule has 126 valence electrons. The second-order valence-corrected chi connectivity index (χ2v) is 8.18. The first-order valence-corrected chi connectivity index (χ1v) is 9.48. The Bertz CT molecular complexity index is 846. The fraction of sp³-hybridized carbons (Fsp3) is 0.474. The van der Waals surface area contributed by atoms with Crippen molar-refractivity contribution in [1.29, 1.82) is 0 Å². The van der Waals surface area contributed by atoms with Gasteiger partial charge < -0.3 is 9.52 Å². The molecular formula is C19H22N2O2S. The number of aromatic hydroxyl groups is 1. The number of nitrogens with zero attached hydrogens (tertiary/aromatic N) is 2. The SMILES string of the molecule is CC(C)(c1nc(O)c2c(-c3cccs3)coc2n1)C1CCCCC1. The van der Waals surface area contributed by atoms with Gasteiger partial charge in [-0.15, -0.1) is 11.3 Å². The lowest BCUT2D eigenvalue weighted by Crippen LogP contribution is -2.32. The maximum atomic E-state index is 10.6. The average molecular weight is 342 g/mol. The lowest BCUT2D eigenvalue weighted by molar-refractivity contribution is 0.225. The zero-order chi connectivity index (χ0) is 16.7. The predicted molar refractivity (Wildman–Crippen MR) is 96.4 cm³/mol. The Morgan fingerprint density at radius 3 is 2.71 bits per heavy atom. The molecule has 3 aromatic rings. The van der Waals surface area contributed by atoms with Gasteiger partial charge in [-0.25, -0.2) is 0 Å². The lowest BCUT2D eigenvalue weighted by atomic mass is 9.70. The summed E-state index contributed by atoms with van der Waals surface area (Å²) in [6.45, 7) is 4.37. The molecule has 0 radical (unpaired) electrons. The molecule has 5 heteroatoms. The van der Waals surface area contributed by atoms with Crippen LogP contribution in [0.4, 0.5) is 0 Å². The predicted octanol–water partition coefficient (Wildman–Crippen LogP) is 5.51.